The van der Waals surface area contributed by atoms with Crippen LogP contribution in [0.2, 0.25) is 0 Å². The van der Waals surface area contributed by atoms with Gasteiger partial charge >= 0.3 is 0 Å². The van der Waals surface area contributed by atoms with Gasteiger partial charge in [-0.25, -0.2) is 0 Å². The summed E-state index contributed by atoms with van der Waals surface area (Å²) in [5.41, 5.74) is 3.05. The molecule has 2 heteroatoms. The van der Waals surface area contributed by atoms with Gasteiger partial charge in [0, 0.05) is 6.20 Å². The highest BCUT2D eigenvalue weighted by Gasteiger charge is 2.16. The fourth-order valence-electron chi connectivity index (χ4n) is 2.42. The summed E-state index contributed by atoms with van der Waals surface area (Å²) in [7, 11) is 0. The van der Waals surface area contributed by atoms with E-state index in [0.29, 0.717) is 0 Å². The van der Waals surface area contributed by atoms with Gasteiger partial charge < -0.3 is 5.11 Å². The zero-order valence-electron chi connectivity index (χ0n) is 10.5. The number of aliphatic hydroxyl groups excluding tert-OH is 1. The SMILES string of the molecule is Cc1cccnc1C(O)/C1=C/CCCCCC1. The summed E-state index contributed by atoms with van der Waals surface area (Å²) < 4.78 is 0. The van der Waals surface area contributed by atoms with Crippen LogP contribution in [0, 0.1) is 6.92 Å². The minimum atomic E-state index is -0.505. The van der Waals surface area contributed by atoms with Crippen LogP contribution >= 0.6 is 0 Å². The summed E-state index contributed by atoms with van der Waals surface area (Å²) in [6.07, 6.45) is 10.6. The first-order valence-corrected chi connectivity index (χ1v) is 6.57. The maximum absolute atomic E-state index is 10.4. The second-order valence-electron chi connectivity index (χ2n) is 4.84. The molecule has 0 fully saturated rings. The van der Waals surface area contributed by atoms with Gasteiger partial charge in [-0.1, -0.05) is 25.0 Å². The summed E-state index contributed by atoms with van der Waals surface area (Å²) >= 11 is 0. The Morgan fingerprint density at radius 3 is 2.88 bits per heavy atom. The zero-order valence-corrected chi connectivity index (χ0v) is 10.5. The molecule has 0 amide bonds. The third-order valence-electron chi connectivity index (χ3n) is 3.49. The van der Waals surface area contributed by atoms with Gasteiger partial charge in [-0.05, 0) is 49.8 Å². The fraction of sp³-hybridized carbons (Fsp3) is 0.533. The van der Waals surface area contributed by atoms with Gasteiger partial charge in [0.05, 0.1) is 5.69 Å². The molecule has 0 bridgehead atoms. The van der Waals surface area contributed by atoms with Crippen LogP contribution in [0.4, 0.5) is 0 Å². The molecule has 0 radical (unpaired) electrons. The van der Waals surface area contributed by atoms with Crippen molar-refractivity contribution in [3.8, 4) is 0 Å². The second kappa shape index (κ2) is 5.97. The third-order valence-corrected chi connectivity index (χ3v) is 3.49. The highest BCUT2D eigenvalue weighted by atomic mass is 16.3. The summed E-state index contributed by atoms with van der Waals surface area (Å²) in [6.45, 7) is 2.01. The largest absolute Gasteiger partial charge is 0.382 e. The Bertz CT molecular complexity index is 398. The average molecular weight is 231 g/mol. The lowest BCUT2D eigenvalue weighted by Crippen LogP contribution is -2.07. The van der Waals surface area contributed by atoms with Crippen molar-refractivity contribution in [2.24, 2.45) is 0 Å². The molecule has 0 aliphatic heterocycles. The molecule has 0 saturated carbocycles. The Balaban J connectivity index is 2.18. The van der Waals surface area contributed by atoms with Crippen LogP contribution < -0.4 is 0 Å². The standard InChI is InChI=1S/C15H21NO/c1-12-8-7-11-16-14(12)15(17)13-9-5-3-2-4-6-10-13/h7-9,11,15,17H,2-6,10H2,1H3/b13-9+. The Labute approximate surface area is 103 Å². The van der Waals surface area contributed by atoms with E-state index in [2.05, 4.69) is 11.1 Å². The predicted molar refractivity (Wildman–Crippen MR) is 69.7 cm³/mol. The van der Waals surface area contributed by atoms with E-state index in [-0.39, 0.29) is 0 Å². The molecule has 1 aromatic heterocycles. The molecule has 92 valence electrons. The number of allylic oxidation sites excluding steroid dienone is 1. The van der Waals surface area contributed by atoms with Crippen molar-refractivity contribution in [2.75, 3.05) is 0 Å². The van der Waals surface area contributed by atoms with E-state index >= 15 is 0 Å². The van der Waals surface area contributed by atoms with E-state index in [1.54, 1.807) is 6.20 Å². The minimum absolute atomic E-state index is 0.505. The molecule has 2 rings (SSSR count). The number of rotatable bonds is 2. The molecule has 1 aliphatic rings. The maximum atomic E-state index is 10.4. The Morgan fingerprint density at radius 2 is 2.06 bits per heavy atom. The van der Waals surface area contributed by atoms with Crippen molar-refractivity contribution in [3.63, 3.8) is 0 Å². The molecule has 17 heavy (non-hydrogen) atoms. The number of hydrogen-bond donors (Lipinski definition) is 1. The lowest BCUT2D eigenvalue weighted by Gasteiger charge is -2.18. The number of hydrogen-bond acceptors (Lipinski definition) is 2. The summed E-state index contributed by atoms with van der Waals surface area (Å²) in [4.78, 5) is 4.32. The molecule has 1 unspecified atom stereocenters. The first-order chi connectivity index (χ1) is 8.29. The van der Waals surface area contributed by atoms with E-state index in [0.717, 1.165) is 29.7 Å². The van der Waals surface area contributed by atoms with Crippen molar-refractivity contribution in [1.29, 1.82) is 0 Å². The van der Waals surface area contributed by atoms with Gasteiger partial charge in [-0.15, -0.1) is 0 Å². The van der Waals surface area contributed by atoms with E-state index in [1.807, 2.05) is 19.1 Å². The van der Waals surface area contributed by atoms with E-state index < -0.39 is 6.10 Å². The van der Waals surface area contributed by atoms with Crippen molar-refractivity contribution in [2.45, 2.75) is 51.6 Å². The second-order valence-corrected chi connectivity index (χ2v) is 4.84. The molecule has 0 saturated heterocycles. The van der Waals surface area contributed by atoms with Crippen LogP contribution in [0.15, 0.2) is 30.0 Å². The normalized spacial score (nSPS) is 22.1. The lowest BCUT2D eigenvalue weighted by molar-refractivity contribution is 0.203. The summed E-state index contributed by atoms with van der Waals surface area (Å²) in [6, 6.07) is 3.92. The van der Waals surface area contributed by atoms with Gasteiger partial charge in [0.25, 0.3) is 0 Å². The topological polar surface area (TPSA) is 33.1 Å². The highest BCUT2D eigenvalue weighted by Crippen LogP contribution is 2.28. The average Bonchev–Trinajstić information content (AvgIpc) is 2.28. The number of aromatic nitrogens is 1. The molecule has 1 heterocycles. The summed E-state index contributed by atoms with van der Waals surface area (Å²) in [5.74, 6) is 0. The molecule has 1 aromatic rings. The van der Waals surface area contributed by atoms with Gasteiger partial charge in [-0.2, -0.15) is 0 Å². The van der Waals surface area contributed by atoms with Crippen LogP contribution in [0.25, 0.3) is 0 Å². The van der Waals surface area contributed by atoms with Crippen molar-refractivity contribution in [3.05, 3.63) is 41.2 Å². The van der Waals surface area contributed by atoms with E-state index in [9.17, 15) is 5.11 Å². The Hall–Kier alpha value is -1.15. The molecule has 0 spiro atoms. The Morgan fingerprint density at radius 1 is 1.24 bits per heavy atom. The van der Waals surface area contributed by atoms with Gasteiger partial charge in [0.1, 0.15) is 6.10 Å². The van der Waals surface area contributed by atoms with Crippen LogP contribution in [0.1, 0.15) is 55.9 Å². The van der Waals surface area contributed by atoms with Crippen LogP contribution in [-0.4, -0.2) is 10.1 Å². The van der Waals surface area contributed by atoms with Crippen LogP contribution in [0.5, 0.6) is 0 Å². The van der Waals surface area contributed by atoms with E-state index in [4.69, 9.17) is 0 Å². The van der Waals surface area contributed by atoms with Crippen molar-refractivity contribution < 1.29 is 5.11 Å². The molecule has 1 N–H and O–H groups in total. The smallest absolute Gasteiger partial charge is 0.117 e. The minimum Gasteiger partial charge on any atom is -0.382 e. The molecule has 0 aromatic carbocycles. The molecule has 2 nitrogen and oxygen atoms in total. The van der Waals surface area contributed by atoms with Gasteiger partial charge in [0.2, 0.25) is 0 Å². The first kappa shape index (κ1) is 12.3. The number of aliphatic hydroxyl groups is 1. The summed E-state index contributed by atoms with van der Waals surface area (Å²) in [5, 5.41) is 10.4. The number of aryl methyl sites for hydroxylation is 1. The lowest BCUT2D eigenvalue weighted by atomic mass is 9.93. The monoisotopic (exact) mass is 231 g/mol. The maximum Gasteiger partial charge on any atom is 0.117 e. The fourth-order valence-corrected chi connectivity index (χ4v) is 2.42. The molecular weight excluding hydrogens is 210 g/mol. The molecule has 1 atom stereocenters. The van der Waals surface area contributed by atoms with Crippen molar-refractivity contribution >= 4 is 0 Å². The first-order valence-electron chi connectivity index (χ1n) is 6.57. The van der Waals surface area contributed by atoms with Gasteiger partial charge in [0.15, 0.2) is 0 Å². The van der Waals surface area contributed by atoms with E-state index in [1.165, 1.54) is 25.7 Å². The Kier molecular flexibility index (Phi) is 4.32. The number of nitrogens with zero attached hydrogens (tertiary/aromatic N) is 1. The van der Waals surface area contributed by atoms with Crippen LogP contribution in [0.3, 0.4) is 0 Å². The predicted octanol–water partition coefficient (Wildman–Crippen LogP) is 3.70. The van der Waals surface area contributed by atoms with Gasteiger partial charge in [-0.3, -0.25) is 4.98 Å². The molecule has 1 aliphatic carbocycles. The zero-order chi connectivity index (χ0) is 12.1. The van der Waals surface area contributed by atoms with Crippen LogP contribution in [-0.2, 0) is 0 Å². The quantitative estimate of drug-likeness (QED) is 0.787. The molecular formula is C15H21NO. The number of pyridine rings is 1. The van der Waals surface area contributed by atoms with Crippen molar-refractivity contribution in [1.82, 2.24) is 4.98 Å². The third kappa shape index (κ3) is 3.16. The highest BCUT2D eigenvalue weighted by molar-refractivity contribution is 5.27.